The SMILES string of the molecule is CCCOC(=O)c1cc(OC2O[C@H](COC(C)=O)[C@@H](OC(C)=O)[C@H](OC(C)=O)[C@H]2OC(C)=O)c(O)c(OC2O[C@H](COC(C)=O)[C@@H](OC(C)=O)[C@H](OC(C)=O)[C@H]2OC(C)=O)c1. The summed E-state index contributed by atoms with van der Waals surface area (Å²) in [7, 11) is 0. The van der Waals surface area contributed by atoms with Crippen molar-refractivity contribution >= 4 is 53.7 Å². The summed E-state index contributed by atoms with van der Waals surface area (Å²) in [6.45, 7) is 8.49. The van der Waals surface area contributed by atoms with Crippen molar-refractivity contribution in [2.24, 2.45) is 0 Å². The Hall–Kier alpha value is -6.23. The molecule has 338 valence electrons. The predicted molar refractivity (Wildman–Crippen MR) is 194 cm³/mol. The first-order chi connectivity index (χ1) is 28.6. The van der Waals surface area contributed by atoms with Gasteiger partial charge in [-0.05, 0) is 18.6 Å². The number of carbonyl (C=O) groups excluding carboxylic acids is 9. The standard InChI is InChI=1S/C38H48O23/c1-10-11-49-36(48)24-12-25(58-37-34(56-22(8)45)32(54-20(6)43)30(52-18(4)41)27(60-37)14-50-16(2)39)29(47)26(13-24)59-38-35(57-23(9)46)33(55-21(7)44)31(53-19(5)42)28(61-38)15-51-17(3)40/h12-13,27-28,30-35,37-38,47H,10-11,14-15H2,1-9H3/t27-,28-,30-,31-,32+,33+,34-,35-,37?,38?/m1/s1. The van der Waals surface area contributed by atoms with Crippen LogP contribution in [0, 0.1) is 0 Å². The van der Waals surface area contributed by atoms with Gasteiger partial charge in [0.1, 0.15) is 25.4 Å². The minimum absolute atomic E-state index is 0.0779. The Morgan fingerprint density at radius 3 is 1.13 bits per heavy atom. The third kappa shape index (κ3) is 14.5. The predicted octanol–water partition coefficient (Wildman–Crippen LogP) is 0.883. The highest BCUT2D eigenvalue weighted by molar-refractivity contribution is 5.91. The van der Waals surface area contributed by atoms with Gasteiger partial charge in [-0.15, -0.1) is 0 Å². The molecule has 0 aliphatic carbocycles. The molecule has 0 radical (unpaired) electrons. The maximum Gasteiger partial charge on any atom is 0.338 e. The van der Waals surface area contributed by atoms with Crippen LogP contribution in [0.15, 0.2) is 12.1 Å². The van der Waals surface area contributed by atoms with Gasteiger partial charge < -0.3 is 66.7 Å². The second-order valence-electron chi connectivity index (χ2n) is 13.3. The number of rotatable bonds is 17. The number of phenols is 1. The zero-order valence-electron chi connectivity index (χ0n) is 34.7. The van der Waals surface area contributed by atoms with Gasteiger partial charge in [-0.3, -0.25) is 38.4 Å². The van der Waals surface area contributed by atoms with Crippen LogP contribution in [0.3, 0.4) is 0 Å². The van der Waals surface area contributed by atoms with Crippen LogP contribution in [-0.2, 0) is 90.5 Å². The second kappa shape index (κ2) is 22.4. The molecule has 0 bridgehead atoms. The van der Waals surface area contributed by atoms with Gasteiger partial charge in [0.2, 0.25) is 30.5 Å². The second-order valence-corrected chi connectivity index (χ2v) is 13.3. The molecule has 1 aromatic rings. The minimum Gasteiger partial charge on any atom is -0.502 e. The highest BCUT2D eigenvalue weighted by atomic mass is 16.8. The Bertz CT molecular complexity index is 1690. The monoisotopic (exact) mass is 872 g/mol. The zero-order valence-corrected chi connectivity index (χ0v) is 34.7. The van der Waals surface area contributed by atoms with E-state index in [2.05, 4.69) is 0 Å². The Morgan fingerprint density at radius 1 is 0.492 bits per heavy atom. The van der Waals surface area contributed by atoms with E-state index in [4.69, 9.17) is 61.6 Å². The third-order valence-corrected chi connectivity index (χ3v) is 8.10. The molecule has 2 unspecified atom stereocenters. The van der Waals surface area contributed by atoms with Crippen molar-refractivity contribution < 1.29 is 110 Å². The molecule has 2 heterocycles. The highest BCUT2D eigenvalue weighted by Gasteiger charge is 2.55. The molecule has 2 saturated heterocycles. The molecule has 3 rings (SSSR count). The van der Waals surface area contributed by atoms with Gasteiger partial charge in [-0.2, -0.15) is 0 Å². The van der Waals surface area contributed by atoms with E-state index in [1.165, 1.54) is 0 Å². The van der Waals surface area contributed by atoms with E-state index in [1.54, 1.807) is 6.92 Å². The van der Waals surface area contributed by atoms with Gasteiger partial charge in [0.05, 0.1) is 12.2 Å². The lowest BCUT2D eigenvalue weighted by molar-refractivity contribution is -0.289. The van der Waals surface area contributed by atoms with Crippen LogP contribution in [0.25, 0.3) is 0 Å². The largest absolute Gasteiger partial charge is 0.502 e. The van der Waals surface area contributed by atoms with E-state index in [-0.39, 0.29) is 12.2 Å². The van der Waals surface area contributed by atoms with Crippen molar-refractivity contribution in [3.8, 4) is 17.2 Å². The molecule has 0 aromatic heterocycles. The molecule has 2 aliphatic rings. The van der Waals surface area contributed by atoms with Crippen LogP contribution >= 0.6 is 0 Å². The normalized spacial score (nSPS) is 25.6. The fourth-order valence-corrected chi connectivity index (χ4v) is 5.98. The van der Waals surface area contributed by atoms with Crippen molar-refractivity contribution in [1.29, 1.82) is 0 Å². The maximum atomic E-state index is 13.3. The molecule has 0 saturated carbocycles. The molecule has 61 heavy (non-hydrogen) atoms. The van der Waals surface area contributed by atoms with E-state index >= 15 is 0 Å². The summed E-state index contributed by atoms with van der Waals surface area (Å²) in [6.07, 6.45) is -16.6. The lowest BCUT2D eigenvalue weighted by atomic mass is 9.98. The van der Waals surface area contributed by atoms with Crippen LogP contribution in [0.2, 0.25) is 0 Å². The summed E-state index contributed by atoms with van der Waals surface area (Å²) in [5, 5.41) is 11.7. The molecular weight excluding hydrogens is 824 g/mol. The van der Waals surface area contributed by atoms with E-state index < -0.39 is 146 Å². The van der Waals surface area contributed by atoms with E-state index in [1.807, 2.05) is 0 Å². The lowest BCUT2D eigenvalue weighted by Crippen LogP contribution is -2.63. The van der Waals surface area contributed by atoms with Crippen LogP contribution < -0.4 is 9.47 Å². The average molecular weight is 873 g/mol. The summed E-state index contributed by atoms with van der Waals surface area (Å²) >= 11 is 0. The summed E-state index contributed by atoms with van der Waals surface area (Å²) in [5.74, 6) is -10.6. The number of esters is 9. The minimum atomic E-state index is -1.92. The number of hydrogen-bond acceptors (Lipinski definition) is 23. The Morgan fingerprint density at radius 2 is 0.820 bits per heavy atom. The van der Waals surface area contributed by atoms with Gasteiger partial charge in [0.25, 0.3) is 0 Å². The van der Waals surface area contributed by atoms with Crippen molar-refractivity contribution in [2.45, 2.75) is 130 Å². The van der Waals surface area contributed by atoms with Crippen molar-refractivity contribution in [2.75, 3.05) is 19.8 Å². The van der Waals surface area contributed by atoms with E-state index in [9.17, 15) is 48.3 Å². The molecule has 1 N–H and O–H groups in total. The number of phenolic OH excluding ortho intramolecular Hbond substituents is 1. The van der Waals surface area contributed by atoms with Gasteiger partial charge in [-0.25, -0.2) is 4.79 Å². The number of ether oxygens (including phenoxy) is 13. The molecule has 23 nitrogen and oxygen atoms in total. The fourth-order valence-electron chi connectivity index (χ4n) is 5.98. The molecule has 2 fully saturated rings. The smallest absolute Gasteiger partial charge is 0.338 e. The van der Waals surface area contributed by atoms with Crippen molar-refractivity contribution in [3.63, 3.8) is 0 Å². The summed E-state index contributed by atoms with van der Waals surface area (Å²) in [5.41, 5.74) is -0.368. The summed E-state index contributed by atoms with van der Waals surface area (Å²) < 4.78 is 71.9. The van der Waals surface area contributed by atoms with Crippen LogP contribution in [-0.4, -0.2) is 140 Å². The maximum absolute atomic E-state index is 13.3. The topological polar surface area (TPSA) is 294 Å². The highest BCUT2D eigenvalue weighted by Crippen LogP contribution is 2.42. The molecule has 1 aromatic carbocycles. The van der Waals surface area contributed by atoms with Gasteiger partial charge in [0, 0.05) is 55.4 Å². The number of hydrogen-bond donors (Lipinski definition) is 1. The molecule has 10 atom stereocenters. The molecular formula is C38H48O23. The number of aromatic hydroxyl groups is 1. The first kappa shape index (κ1) is 49.1. The van der Waals surface area contributed by atoms with E-state index in [0.717, 1.165) is 67.5 Å². The first-order valence-corrected chi connectivity index (χ1v) is 18.6. The number of carbonyl (C=O) groups is 9. The van der Waals surface area contributed by atoms with Crippen LogP contribution in [0.4, 0.5) is 0 Å². The van der Waals surface area contributed by atoms with Gasteiger partial charge in [0.15, 0.2) is 35.9 Å². The van der Waals surface area contributed by atoms with Gasteiger partial charge in [-0.1, -0.05) is 6.92 Å². The van der Waals surface area contributed by atoms with E-state index in [0.29, 0.717) is 6.42 Å². The summed E-state index contributed by atoms with van der Waals surface area (Å²) in [6, 6.07) is 1.92. The molecule has 2 aliphatic heterocycles. The van der Waals surface area contributed by atoms with Crippen LogP contribution in [0.5, 0.6) is 17.2 Å². The Labute approximate surface area is 348 Å². The quantitative estimate of drug-likeness (QED) is 0.168. The van der Waals surface area contributed by atoms with Crippen molar-refractivity contribution in [3.05, 3.63) is 17.7 Å². The Kier molecular flexibility index (Phi) is 18.0. The Balaban J connectivity index is 2.25. The molecule has 0 spiro atoms. The lowest BCUT2D eigenvalue weighted by Gasteiger charge is -2.44. The third-order valence-electron chi connectivity index (χ3n) is 8.10. The number of benzene rings is 1. The van der Waals surface area contributed by atoms with Crippen molar-refractivity contribution in [1.82, 2.24) is 0 Å². The fraction of sp³-hybridized carbons (Fsp3) is 0.605. The van der Waals surface area contributed by atoms with Gasteiger partial charge >= 0.3 is 53.7 Å². The molecule has 23 heteroatoms. The average Bonchev–Trinajstić information content (AvgIpc) is 3.14. The molecule has 0 amide bonds. The first-order valence-electron chi connectivity index (χ1n) is 18.6. The summed E-state index contributed by atoms with van der Waals surface area (Å²) in [4.78, 5) is 111. The van der Waals surface area contributed by atoms with Crippen LogP contribution in [0.1, 0.15) is 79.1 Å². The zero-order chi connectivity index (χ0) is 45.7.